The minimum Gasteiger partial charge on any atom is -0.444 e. The molecule has 0 N–H and O–H groups in total. The van der Waals surface area contributed by atoms with Gasteiger partial charge in [0.15, 0.2) is 5.75 Å². The Hall–Kier alpha value is -2.15. The Balaban J connectivity index is 1.80. The number of hydrogen-bond donors (Lipinski definition) is 0. The van der Waals surface area contributed by atoms with Crippen LogP contribution in [0.1, 0.15) is 5.56 Å². The molecule has 0 fully saturated rings. The lowest BCUT2D eigenvalue weighted by Crippen LogP contribution is -2.47. The summed E-state index contributed by atoms with van der Waals surface area (Å²) in [7, 11) is 0. The zero-order valence-corrected chi connectivity index (χ0v) is 13.4. The van der Waals surface area contributed by atoms with E-state index in [-0.39, 0.29) is 18.0 Å². The standard InChI is InChI=1S/C16H12BrF2NO3/c17-12-6-7-13-14(8-12)23-16(18,19)10-20(13)15(21)22-9-11-4-2-1-3-5-11/h1-8H,9-10H2. The van der Waals surface area contributed by atoms with Gasteiger partial charge in [0.2, 0.25) is 0 Å². The summed E-state index contributed by atoms with van der Waals surface area (Å²) in [5, 5.41) is 0. The first-order valence-electron chi connectivity index (χ1n) is 6.79. The molecule has 23 heavy (non-hydrogen) atoms. The van der Waals surface area contributed by atoms with Crippen LogP contribution < -0.4 is 9.64 Å². The van der Waals surface area contributed by atoms with Crippen molar-refractivity contribution >= 4 is 27.7 Å². The SMILES string of the molecule is O=C(OCc1ccccc1)N1CC(F)(F)Oc2cc(Br)ccc21. The summed E-state index contributed by atoms with van der Waals surface area (Å²) in [6.45, 7) is -0.885. The summed E-state index contributed by atoms with van der Waals surface area (Å²) in [5.41, 5.74) is 1.02. The van der Waals surface area contributed by atoms with Gasteiger partial charge in [0.05, 0.1) is 5.69 Å². The average Bonchev–Trinajstić information content (AvgIpc) is 2.51. The number of carbonyl (C=O) groups excluding carboxylic acids is 1. The van der Waals surface area contributed by atoms with Gasteiger partial charge in [-0.15, -0.1) is 0 Å². The van der Waals surface area contributed by atoms with E-state index in [2.05, 4.69) is 20.7 Å². The lowest BCUT2D eigenvalue weighted by atomic mass is 10.2. The normalized spacial score (nSPS) is 15.5. The van der Waals surface area contributed by atoms with Crippen molar-refractivity contribution in [2.24, 2.45) is 0 Å². The molecule has 4 nitrogen and oxygen atoms in total. The molecule has 120 valence electrons. The molecule has 0 saturated heterocycles. The highest BCUT2D eigenvalue weighted by atomic mass is 79.9. The van der Waals surface area contributed by atoms with Crippen molar-refractivity contribution < 1.29 is 23.0 Å². The third-order valence-electron chi connectivity index (χ3n) is 3.24. The van der Waals surface area contributed by atoms with Crippen molar-refractivity contribution in [2.45, 2.75) is 12.7 Å². The Kier molecular flexibility index (Phi) is 4.21. The average molecular weight is 384 g/mol. The maximum absolute atomic E-state index is 13.7. The first-order chi connectivity index (χ1) is 10.9. The van der Waals surface area contributed by atoms with Crippen molar-refractivity contribution in [3.63, 3.8) is 0 Å². The Morgan fingerprint density at radius 3 is 2.74 bits per heavy atom. The smallest absolute Gasteiger partial charge is 0.416 e. The molecule has 2 aromatic carbocycles. The van der Waals surface area contributed by atoms with Crippen molar-refractivity contribution in [1.82, 2.24) is 0 Å². The third kappa shape index (κ3) is 3.61. The first-order valence-corrected chi connectivity index (χ1v) is 7.58. The Morgan fingerprint density at radius 1 is 1.26 bits per heavy atom. The monoisotopic (exact) mass is 383 g/mol. The molecular weight excluding hydrogens is 372 g/mol. The summed E-state index contributed by atoms with van der Waals surface area (Å²) in [6.07, 6.45) is -4.32. The molecule has 1 aliphatic rings. The zero-order valence-electron chi connectivity index (χ0n) is 11.8. The van der Waals surface area contributed by atoms with E-state index in [0.29, 0.717) is 4.47 Å². The lowest BCUT2D eigenvalue weighted by Gasteiger charge is -2.33. The van der Waals surface area contributed by atoms with Crippen LogP contribution in [0, 0.1) is 0 Å². The van der Waals surface area contributed by atoms with E-state index in [1.165, 1.54) is 12.1 Å². The fraction of sp³-hybridized carbons (Fsp3) is 0.188. The van der Waals surface area contributed by atoms with Crippen LogP contribution in [-0.4, -0.2) is 18.7 Å². The number of amides is 1. The van der Waals surface area contributed by atoms with Crippen LogP contribution in [0.15, 0.2) is 53.0 Å². The van der Waals surface area contributed by atoms with Crippen LogP contribution in [0.2, 0.25) is 0 Å². The van der Waals surface area contributed by atoms with E-state index >= 15 is 0 Å². The van der Waals surface area contributed by atoms with Crippen molar-refractivity contribution in [3.05, 3.63) is 58.6 Å². The van der Waals surface area contributed by atoms with E-state index in [4.69, 9.17) is 4.74 Å². The molecule has 2 aromatic rings. The largest absolute Gasteiger partial charge is 0.444 e. The second kappa shape index (κ2) is 6.16. The Bertz CT molecular complexity index is 725. The van der Waals surface area contributed by atoms with Gasteiger partial charge in [-0.05, 0) is 23.8 Å². The number of fused-ring (bicyclic) bond motifs is 1. The van der Waals surface area contributed by atoms with Gasteiger partial charge >= 0.3 is 12.2 Å². The number of rotatable bonds is 2. The molecule has 3 rings (SSSR count). The zero-order chi connectivity index (χ0) is 16.4. The van der Waals surface area contributed by atoms with Gasteiger partial charge in [-0.25, -0.2) is 4.79 Å². The van der Waals surface area contributed by atoms with Gasteiger partial charge < -0.3 is 9.47 Å². The molecular formula is C16H12BrF2NO3. The summed E-state index contributed by atoms with van der Waals surface area (Å²) in [4.78, 5) is 13.1. The first kappa shape index (κ1) is 15.7. The van der Waals surface area contributed by atoms with Crippen molar-refractivity contribution in [2.75, 3.05) is 11.4 Å². The van der Waals surface area contributed by atoms with Gasteiger partial charge in [-0.1, -0.05) is 46.3 Å². The molecule has 0 aliphatic carbocycles. The molecule has 7 heteroatoms. The van der Waals surface area contributed by atoms with Gasteiger partial charge in [-0.2, -0.15) is 8.78 Å². The number of halogens is 3. The maximum atomic E-state index is 13.7. The number of ether oxygens (including phenoxy) is 2. The molecule has 0 spiro atoms. The van der Waals surface area contributed by atoms with E-state index < -0.39 is 18.7 Å². The molecule has 0 atom stereocenters. The topological polar surface area (TPSA) is 38.8 Å². The minimum atomic E-state index is -3.47. The van der Waals surface area contributed by atoms with E-state index in [1.807, 2.05) is 6.07 Å². The van der Waals surface area contributed by atoms with Gasteiger partial charge in [0.1, 0.15) is 13.2 Å². The van der Waals surface area contributed by atoms with Crippen LogP contribution in [0.3, 0.4) is 0 Å². The van der Waals surface area contributed by atoms with Crippen LogP contribution in [0.4, 0.5) is 19.3 Å². The number of carbonyl (C=O) groups is 1. The summed E-state index contributed by atoms with van der Waals surface area (Å²) < 4.78 is 37.7. The third-order valence-corrected chi connectivity index (χ3v) is 3.73. The number of anilines is 1. The molecule has 0 radical (unpaired) electrons. The number of alkyl halides is 2. The summed E-state index contributed by atoms with van der Waals surface area (Å²) in [5.74, 6) is -0.0766. The molecule has 0 bridgehead atoms. The van der Waals surface area contributed by atoms with Crippen molar-refractivity contribution in [3.8, 4) is 5.75 Å². The molecule has 1 heterocycles. The molecule has 1 amide bonds. The number of hydrogen-bond acceptors (Lipinski definition) is 3. The van der Waals surface area contributed by atoms with Gasteiger partial charge in [0, 0.05) is 4.47 Å². The van der Waals surface area contributed by atoms with Gasteiger partial charge in [-0.3, -0.25) is 4.90 Å². The summed E-state index contributed by atoms with van der Waals surface area (Å²) in [6, 6.07) is 13.6. The van der Waals surface area contributed by atoms with Crippen LogP contribution >= 0.6 is 15.9 Å². The van der Waals surface area contributed by atoms with Crippen LogP contribution in [-0.2, 0) is 11.3 Å². The molecule has 0 aromatic heterocycles. The second-order valence-electron chi connectivity index (χ2n) is 4.98. The predicted molar refractivity (Wildman–Crippen MR) is 83.7 cm³/mol. The van der Waals surface area contributed by atoms with Crippen LogP contribution in [0.25, 0.3) is 0 Å². The fourth-order valence-electron chi connectivity index (χ4n) is 2.22. The van der Waals surface area contributed by atoms with Crippen LogP contribution in [0.5, 0.6) is 5.75 Å². The Morgan fingerprint density at radius 2 is 2.00 bits per heavy atom. The van der Waals surface area contributed by atoms with E-state index in [9.17, 15) is 13.6 Å². The van der Waals surface area contributed by atoms with E-state index in [1.54, 1.807) is 30.3 Å². The Labute approximate surface area is 139 Å². The predicted octanol–water partition coefficient (Wildman–Crippen LogP) is 4.58. The van der Waals surface area contributed by atoms with Crippen molar-refractivity contribution in [1.29, 1.82) is 0 Å². The highest BCUT2D eigenvalue weighted by molar-refractivity contribution is 9.10. The quantitative estimate of drug-likeness (QED) is 0.761. The minimum absolute atomic E-state index is 0.00840. The van der Waals surface area contributed by atoms with Gasteiger partial charge in [0.25, 0.3) is 0 Å². The molecule has 0 saturated carbocycles. The number of benzene rings is 2. The molecule has 1 aliphatic heterocycles. The summed E-state index contributed by atoms with van der Waals surface area (Å²) >= 11 is 3.19. The highest BCUT2D eigenvalue weighted by Crippen LogP contribution is 2.40. The van der Waals surface area contributed by atoms with E-state index in [0.717, 1.165) is 10.5 Å². The maximum Gasteiger partial charge on any atom is 0.416 e. The lowest BCUT2D eigenvalue weighted by molar-refractivity contribution is -0.171. The second-order valence-corrected chi connectivity index (χ2v) is 5.89. The highest BCUT2D eigenvalue weighted by Gasteiger charge is 2.43. The fourth-order valence-corrected chi connectivity index (χ4v) is 2.56. The molecule has 0 unspecified atom stereocenters. The number of nitrogens with zero attached hydrogens (tertiary/aromatic N) is 1.